The van der Waals surface area contributed by atoms with Gasteiger partial charge in [-0.05, 0) is 19.3 Å². The van der Waals surface area contributed by atoms with Crippen molar-refractivity contribution in [3.8, 4) is 0 Å². The van der Waals surface area contributed by atoms with Gasteiger partial charge in [-0.15, -0.1) is 0 Å². The smallest absolute Gasteiger partial charge is 0.381 e. The predicted molar refractivity (Wildman–Crippen MR) is 43.7 cm³/mol. The summed E-state index contributed by atoms with van der Waals surface area (Å²) in [5.41, 5.74) is 0. The fourth-order valence-electron chi connectivity index (χ4n) is 1.99. The van der Waals surface area contributed by atoms with Gasteiger partial charge in [-0.1, -0.05) is 0 Å². The van der Waals surface area contributed by atoms with Crippen LogP contribution in [0.4, 0.5) is 26.3 Å². The molecule has 0 aliphatic heterocycles. The second-order valence-electron chi connectivity index (χ2n) is 4.04. The maximum Gasteiger partial charge on any atom is 0.391 e. The lowest BCUT2D eigenvalue weighted by molar-refractivity contribution is -0.235. The van der Waals surface area contributed by atoms with Gasteiger partial charge in [0, 0.05) is 7.11 Å². The van der Waals surface area contributed by atoms with Gasteiger partial charge in [0.25, 0.3) is 0 Å². The average molecular weight is 250 g/mol. The molecule has 96 valence electrons. The minimum Gasteiger partial charge on any atom is -0.381 e. The highest BCUT2D eigenvalue weighted by Gasteiger charge is 2.51. The van der Waals surface area contributed by atoms with Gasteiger partial charge < -0.3 is 4.74 Å². The fourth-order valence-corrected chi connectivity index (χ4v) is 1.99. The van der Waals surface area contributed by atoms with Crippen LogP contribution in [-0.2, 0) is 4.74 Å². The van der Waals surface area contributed by atoms with Crippen LogP contribution in [0.2, 0.25) is 0 Å². The van der Waals surface area contributed by atoms with Crippen LogP contribution in [0, 0.1) is 11.8 Å². The Balaban J connectivity index is 2.77. The Labute approximate surface area is 88.8 Å². The zero-order valence-corrected chi connectivity index (χ0v) is 8.53. The molecule has 1 aliphatic carbocycles. The number of halogens is 6. The summed E-state index contributed by atoms with van der Waals surface area (Å²) < 4.78 is 79.0. The third kappa shape index (κ3) is 3.26. The third-order valence-corrected chi connectivity index (χ3v) is 2.92. The molecule has 1 aliphatic rings. The minimum absolute atomic E-state index is 0.382. The minimum atomic E-state index is -4.58. The molecule has 1 fully saturated rings. The largest absolute Gasteiger partial charge is 0.391 e. The molecule has 16 heavy (non-hydrogen) atoms. The lowest BCUT2D eigenvalue weighted by Gasteiger charge is -2.35. The van der Waals surface area contributed by atoms with Crippen LogP contribution in [0.3, 0.4) is 0 Å². The van der Waals surface area contributed by atoms with E-state index in [1.165, 1.54) is 0 Å². The first kappa shape index (κ1) is 13.6. The summed E-state index contributed by atoms with van der Waals surface area (Å²) in [6, 6.07) is 0. The first-order valence-corrected chi connectivity index (χ1v) is 4.80. The average Bonchev–Trinajstić information content (AvgIpc) is 2.14. The molecule has 1 nitrogen and oxygen atoms in total. The normalized spacial score (nSPS) is 32.8. The zero-order valence-electron chi connectivity index (χ0n) is 8.53. The van der Waals surface area contributed by atoms with Crippen molar-refractivity contribution in [2.75, 3.05) is 7.11 Å². The number of methoxy groups -OCH3 is 1. The molecule has 0 spiro atoms. The Kier molecular flexibility index (Phi) is 3.76. The highest BCUT2D eigenvalue weighted by Crippen LogP contribution is 2.46. The summed E-state index contributed by atoms with van der Waals surface area (Å²) in [5.74, 6) is -3.84. The molecule has 0 heterocycles. The van der Waals surface area contributed by atoms with Crippen molar-refractivity contribution in [1.29, 1.82) is 0 Å². The van der Waals surface area contributed by atoms with Crippen molar-refractivity contribution in [3.05, 3.63) is 0 Å². The summed E-state index contributed by atoms with van der Waals surface area (Å²) >= 11 is 0. The first-order valence-electron chi connectivity index (χ1n) is 4.80. The van der Waals surface area contributed by atoms with Gasteiger partial charge in [-0.3, -0.25) is 0 Å². The molecule has 0 radical (unpaired) electrons. The maximum atomic E-state index is 12.4. The molecule has 2 atom stereocenters. The standard InChI is InChI=1S/C9H12F6O/c1-16-7-3-5(8(10,11)12)2-6(4-7)9(13,14)15/h5-7H,2-4H2,1H3. The second-order valence-corrected chi connectivity index (χ2v) is 4.04. The van der Waals surface area contributed by atoms with E-state index in [2.05, 4.69) is 4.74 Å². The predicted octanol–water partition coefficient (Wildman–Crippen LogP) is 3.54. The number of hydrogen-bond donors (Lipinski definition) is 0. The molecule has 0 saturated heterocycles. The van der Waals surface area contributed by atoms with Crippen molar-refractivity contribution in [2.24, 2.45) is 11.8 Å². The summed E-state index contributed by atoms with van der Waals surface area (Å²) in [6.07, 6.45) is -11.8. The van der Waals surface area contributed by atoms with Gasteiger partial charge in [0.1, 0.15) is 0 Å². The monoisotopic (exact) mass is 250 g/mol. The van der Waals surface area contributed by atoms with E-state index in [4.69, 9.17) is 0 Å². The fraction of sp³-hybridized carbons (Fsp3) is 1.00. The van der Waals surface area contributed by atoms with E-state index in [1.807, 2.05) is 0 Å². The van der Waals surface area contributed by atoms with Crippen LogP contribution in [0.5, 0.6) is 0 Å². The molecular formula is C9H12F6O. The first-order chi connectivity index (χ1) is 7.14. The quantitative estimate of drug-likeness (QED) is 0.647. The van der Waals surface area contributed by atoms with Gasteiger partial charge in [0.15, 0.2) is 0 Å². The molecule has 0 aromatic rings. The van der Waals surface area contributed by atoms with Gasteiger partial charge in [0.2, 0.25) is 0 Å². The van der Waals surface area contributed by atoms with Crippen molar-refractivity contribution in [3.63, 3.8) is 0 Å². The molecule has 0 aromatic heterocycles. The van der Waals surface area contributed by atoms with Crippen molar-refractivity contribution in [2.45, 2.75) is 37.7 Å². The maximum absolute atomic E-state index is 12.4. The van der Waals surface area contributed by atoms with E-state index < -0.39 is 36.7 Å². The van der Waals surface area contributed by atoms with Crippen LogP contribution in [-0.4, -0.2) is 25.6 Å². The molecular weight excluding hydrogens is 238 g/mol. The lowest BCUT2D eigenvalue weighted by Crippen LogP contribution is -2.40. The summed E-state index contributed by atoms with van der Waals surface area (Å²) in [5, 5.41) is 0. The highest BCUT2D eigenvalue weighted by molar-refractivity contribution is 4.86. The van der Waals surface area contributed by atoms with Gasteiger partial charge >= 0.3 is 12.4 Å². The molecule has 0 bridgehead atoms. The second kappa shape index (κ2) is 4.43. The molecule has 0 amide bonds. The van der Waals surface area contributed by atoms with E-state index in [-0.39, 0.29) is 12.8 Å². The van der Waals surface area contributed by atoms with Gasteiger partial charge in [-0.2, -0.15) is 26.3 Å². The summed E-state index contributed by atoms with van der Waals surface area (Å²) in [6.45, 7) is 0. The molecule has 0 N–H and O–H groups in total. The van der Waals surface area contributed by atoms with Gasteiger partial charge in [-0.25, -0.2) is 0 Å². The summed E-state index contributed by atoms with van der Waals surface area (Å²) in [7, 11) is 1.14. The van der Waals surface area contributed by atoms with Crippen molar-refractivity contribution < 1.29 is 31.1 Å². The van der Waals surface area contributed by atoms with E-state index in [0.29, 0.717) is 0 Å². The van der Waals surface area contributed by atoms with Crippen molar-refractivity contribution >= 4 is 0 Å². The van der Waals surface area contributed by atoms with E-state index in [1.54, 1.807) is 0 Å². The topological polar surface area (TPSA) is 9.23 Å². The molecule has 0 aromatic carbocycles. The number of rotatable bonds is 1. The number of alkyl halides is 6. The molecule has 1 rings (SSSR count). The molecule has 2 unspecified atom stereocenters. The van der Waals surface area contributed by atoms with Gasteiger partial charge in [0.05, 0.1) is 17.9 Å². The highest BCUT2D eigenvalue weighted by atomic mass is 19.4. The Morgan fingerprint density at radius 2 is 1.19 bits per heavy atom. The van der Waals surface area contributed by atoms with Crippen LogP contribution in [0.25, 0.3) is 0 Å². The Bertz CT molecular complexity index is 211. The Morgan fingerprint density at radius 3 is 1.44 bits per heavy atom. The Morgan fingerprint density at radius 1 is 0.812 bits per heavy atom. The van der Waals surface area contributed by atoms with Crippen LogP contribution >= 0.6 is 0 Å². The molecule has 7 heteroatoms. The number of hydrogen-bond acceptors (Lipinski definition) is 1. The Hall–Kier alpha value is -0.460. The van der Waals surface area contributed by atoms with Crippen LogP contribution in [0.1, 0.15) is 19.3 Å². The van der Waals surface area contributed by atoms with Crippen LogP contribution < -0.4 is 0 Å². The third-order valence-electron chi connectivity index (χ3n) is 2.92. The summed E-state index contributed by atoms with van der Waals surface area (Å²) in [4.78, 5) is 0. The zero-order chi connectivity index (χ0) is 12.6. The lowest BCUT2D eigenvalue weighted by atomic mass is 9.79. The van der Waals surface area contributed by atoms with E-state index in [0.717, 1.165) is 7.11 Å². The van der Waals surface area contributed by atoms with E-state index in [9.17, 15) is 26.3 Å². The van der Waals surface area contributed by atoms with Crippen LogP contribution in [0.15, 0.2) is 0 Å². The van der Waals surface area contributed by atoms with Crippen molar-refractivity contribution in [1.82, 2.24) is 0 Å². The molecule has 1 saturated carbocycles. The number of ether oxygens (including phenoxy) is 1. The van der Waals surface area contributed by atoms with E-state index >= 15 is 0 Å². The SMILES string of the molecule is COC1CC(C(F)(F)F)CC(C(F)(F)F)C1.